The van der Waals surface area contributed by atoms with Gasteiger partial charge in [-0.3, -0.25) is 0 Å². The van der Waals surface area contributed by atoms with Crippen LogP contribution in [0.25, 0.3) is 0 Å². The monoisotopic (exact) mass is 221 g/mol. The fourth-order valence-corrected chi connectivity index (χ4v) is 1.59. The van der Waals surface area contributed by atoms with Crippen molar-refractivity contribution in [3.05, 3.63) is 11.9 Å². The normalized spacial score (nSPS) is 15.1. The summed E-state index contributed by atoms with van der Waals surface area (Å²) < 4.78 is 5.58. The number of rotatable bonds is 6. The second kappa shape index (κ2) is 5.14. The Morgan fingerprint density at radius 2 is 2.19 bits per heavy atom. The van der Waals surface area contributed by atoms with Crippen molar-refractivity contribution < 1.29 is 4.74 Å². The Kier molecular flexibility index (Phi) is 3.59. The molecule has 0 radical (unpaired) electrons. The number of hydrogen-bond donors (Lipinski definition) is 1. The van der Waals surface area contributed by atoms with Crippen molar-refractivity contribution in [1.82, 2.24) is 9.97 Å². The van der Waals surface area contributed by atoms with E-state index in [-0.39, 0.29) is 0 Å². The van der Waals surface area contributed by atoms with Crippen molar-refractivity contribution in [3.8, 4) is 5.88 Å². The van der Waals surface area contributed by atoms with E-state index in [1.807, 2.05) is 0 Å². The zero-order valence-corrected chi connectivity index (χ0v) is 9.78. The highest BCUT2D eigenvalue weighted by atomic mass is 16.5. The molecule has 16 heavy (non-hydrogen) atoms. The van der Waals surface area contributed by atoms with Crippen molar-refractivity contribution in [2.75, 3.05) is 12.3 Å². The molecule has 0 saturated heterocycles. The standard InChI is InChI=1S/C12H19N3O/c1-2-3-4-7-16-11-8-10(13)14-12(15-11)9-5-6-9/h8-9H,2-7H2,1H3,(H2,13,14,15). The lowest BCUT2D eigenvalue weighted by molar-refractivity contribution is 0.293. The molecule has 0 unspecified atom stereocenters. The van der Waals surface area contributed by atoms with Crippen LogP contribution in [0.2, 0.25) is 0 Å². The number of nitrogens with zero attached hydrogens (tertiary/aromatic N) is 2. The molecule has 0 bridgehead atoms. The molecule has 2 rings (SSSR count). The summed E-state index contributed by atoms with van der Waals surface area (Å²) in [6, 6.07) is 1.71. The molecular weight excluding hydrogens is 202 g/mol. The average Bonchev–Trinajstić information content (AvgIpc) is 3.07. The molecule has 1 aromatic rings. The average molecular weight is 221 g/mol. The van der Waals surface area contributed by atoms with Gasteiger partial charge in [-0.1, -0.05) is 19.8 Å². The zero-order valence-electron chi connectivity index (χ0n) is 9.78. The lowest BCUT2D eigenvalue weighted by Gasteiger charge is -2.07. The molecule has 1 heterocycles. The third-order valence-electron chi connectivity index (χ3n) is 2.68. The Morgan fingerprint density at radius 1 is 1.38 bits per heavy atom. The van der Waals surface area contributed by atoms with Crippen LogP contribution in [0.4, 0.5) is 5.82 Å². The van der Waals surface area contributed by atoms with E-state index < -0.39 is 0 Å². The molecule has 88 valence electrons. The topological polar surface area (TPSA) is 61.0 Å². The summed E-state index contributed by atoms with van der Waals surface area (Å²) in [7, 11) is 0. The van der Waals surface area contributed by atoms with E-state index in [1.54, 1.807) is 6.07 Å². The predicted octanol–water partition coefficient (Wildman–Crippen LogP) is 2.51. The van der Waals surface area contributed by atoms with Gasteiger partial charge in [-0.15, -0.1) is 0 Å². The van der Waals surface area contributed by atoms with E-state index >= 15 is 0 Å². The van der Waals surface area contributed by atoms with E-state index in [4.69, 9.17) is 10.5 Å². The predicted molar refractivity (Wildman–Crippen MR) is 63.4 cm³/mol. The van der Waals surface area contributed by atoms with E-state index in [0.29, 0.717) is 24.2 Å². The molecule has 1 aliphatic rings. The first-order chi connectivity index (χ1) is 7.79. The smallest absolute Gasteiger partial charge is 0.218 e. The summed E-state index contributed by atoms with van der Waals surface area (Å²) in [6.45, 7) is 2.89. The molecule has 1 aliphatic carbocycles. The Hall–Kier alpha value is -1.32. The van der Waals surface area contributed by atoms with E-state index in [9.17, 15) is 0 Å². The van der Waals surface area contributed by atoms with Gasteiger partial charge in [-0.25, -0.2) is 4.98 Å². The molecule has 2 N–H and O–H groups in total. The van der Waals surface area contributed by atoms with E-state index in [2.05, 4.69) is 16.9 Å². The molecular formula is C12H19N3O. The Balaban J connectivity index is 1.92. The number of hydrogen-bond acceptors (Lipinski definition) is 4. The molecule has 1 aromatic heterocycles. The maximum atomic E-state index is 5.72. The lowest BCUT2D eigenvalue weighted by atomic mass is 10.3. The quantitative estimate of drug-likeness (QED) is 0.750. The van der Waals surface area contributed by atoms with Crippen molar-refractivity contribution in [2.24, 2.45) is 0 Å². The van der Waals surface area contributed by atoms with Crippen molar-refractivity contribution >= 4 is 5.82 Å². The number of unbranched alkanes of at least 4 members (excludes halogenated alkanes) is 2. The highest BCUT2D eigenvalue weighted by Crippen LogP contribution is 2.38. The van der Waals surface area contributed by atoms with Gasteiger partial charge in [0, 0.05) is 12.0 Å². The summed E-state index contributed by atoms with van der Waals surface area (Å²) in [4.78, 5) is 8.61. The van der Waals surface area contributed by atoms with Crippen LogP contribution in [0.15, 0.2) is 6.07 Å². The Labute approximate surface area is 96.2 Å². The van der Waals surface area contributed by atoms with Crippen molar-refractivity contribution in [3.63, 3.8) is 0 Å². The van der Waals surface area contributed by atoms with Crippen molar-refractivity contribution in [1.29, 1.82) is 0 Å². The molecule has 4 heteroatoms. The largest absolute Gasteiger partial charge is 0.478 e. The van der Waals surface area contributed by atoms with Crippen LogP contribution < -0.4 is 10.5 Å². The van der Waals surface area contributed by atoms with Gasteiger partial charge in [0.1, 0.15) is 11.6 Å². The molecule has 0 aliphatic heterocycles. The molecule has 0 amide bonds. The summed E-state index contributed by atoms with van der Waals surface area (Å²) in [5, 5.41) is 0. The third-order valence-corrected chi connectivity index (χ3v) is 2.68. The van der Waals surface area contributed by atoms with Gasteiger partial charge >= 0.3 is 0 Å². The number of nitrogens with two attached hydrogens (primary N) is 1. The van der Waals surface area contributed by atoms with Gasteiger partial charge in [-0.2, -0.15) is 4.98 Å². The SMILES string of the molecule is CCCCCOc1cc(N)nc(C2CC2)n1. The molecule has 4 nitrogen and oxygen atoms in total. The number of nitrogen functional groups attached to an aromatic ring is 1. The summed E-state index contributed by atoms with van der Waals surface area (Å²) in [6.07, 6.45) is 5.81. The highest BCUT2D eigenvalue weighted by molar-refractivity contribution is 5.34. The van der Waals surface area contributed by atoms with Crippen LogP contribution in [-0.4, -0.2) is 16.6 Å². The maximum absolute atomic E-state index is 5.72. The fourth-order valence-electron chi connectivity index (χ4n) is 1.59. The molecule has 0 spiro atoms. The summed E-state index contributed by atoms with van der Waals surface area (Å²) >= 11 is 0. The van der Waals surface area contributed by atoms with Crippen LogP contribution >= 0.6 is 0 Å². The first-order valence-electron chi connectivity index (χ1n) is 6.07. The van der Waals surface area contributed by atoms with Gasteiger partial charge in [-0.05, 0) is 19.3 Å². The summed E-state index contributed by atoms with van der Waals surface area (Å²) in [5.41, 5.74) is 5.72. The fraction of sp³-hybridized carbons (Fsp3) is 0.667. The lowest BCUT2D eigenvalue weighted by Crippen LogP contribution is -2.04. The zero-order chi connectivity index (χ0) is 11.4. The van der Waals surface area contributed by atoms with Crippen LogP contribution in [0, 0.1) is 0 Å². The van der Waals surface area contributed by atoms with Gasteiger partial charge in [0.05, 0.1) is 6.61 Å². The van der Waals surface area contributed by atoms with Gasteiger partial charge < -0.3 is 10.5 Å². The number of ether oxygens (including phenoxy) is 1. The second-order valence-electron chi connectivity index (χ2n) is 4.32. The second-order valence-corrected chi connectivity index (χ2v) is 4.32. The Bertz CT molecular complexity index is 350. The van der Waals surface area contributed by atoms with Gasteiger partial charge in [0.15, 0.2) is 0 Å². The molecule has 0 aromatic carbocycles. The minimum atomic E-state index is 0.515. The molecule has 1 fully saturated rings. The van der Waals surface area contributed by atoms with Crippen molar-refractivity contribution in [2.45, 2.75) is 44.9 Å². The first-order valence-corrected chi connectivity index (χ1v) is 6.07. The molecule has 1 saturated carbocycles. The summed E-state index contributed by atoms with van der Waals surface area (Å²) in [5.74, 6) is 2.51. The molecule has 0 atom stereocenters. The van der Waals surface area contributed by atoms with Crippen LogP contribution in [0.1, 0.15) is 50.8 Å². The number of anilines is 1. The number of aromatic nitrogens is 2. The van der Waals surface area contributed by atoms with Gasteiger partial charge in [0.2, 0.25) is 5.88 Å². The highest BCUT2D eigenvalue weighted by Gasteiger charge is 2.27. The Morgan fingerprint density at radius 3 is 2.88 bits per heavy atom. The minimum Gasteiger partial charge on any atom is -0.478 e. The van der Waals surface area contributed by atoms with Crippen LogP contribution in [0.5, 0.6) is 5.88 Å². The maximum Gasteiger partial charge on any atom is 0.218 e. The van der Waals surface area contributed by atoms with Crippen LogP contribution in [-0.2, 0) is 0 Å². The van der Waals surface area contributed by atoms with Crippen LogP contribution in [0.3, 0.4) is 0 Å². The van der Waals surface area contributed by atoms with Gasteiger partial charge in [0.25, 0.3) is 0 Å². The first kappa shape index (κ1) is 11.2. The van der Waals surface area contributed by atoms with E-state index in [1.165, 1.54) is 25.7 Å². The minimum absolute atomic E-state index is 0.515. The van der Waals surface area contributed by atoms with E-state index in [0.717, 1.165) is 12.2 Å². The third kappa shape index (κ3) is 3.08.